The van der Waals surface area contributed by atoms with Gasteiger partial charge >= 0.3 is 0 Å². The van der Waals surface area contributed by atoms with Crippen molar-refractivity contribution in [2.45, 2.75) is 39.2 Å². The Hall–Kier alpha value is -2.13. The van der Waals surface area contributed by atoms with Crippen LogP contribution >= 0.6 is 0 Å². The van der Waals surface area contributed by atoms with Crippen LogP contribution in [0.2, 0.25) is 0 Å². The number of amides is 1. The van der Waals surface area contributed by atoms with E-state index in [0.717, 1.165) is 5.69 Å². The molecule has 3 heteroatoms. The van der Waals surface area contributed by atoms with Gasteiger partial charge in [-0.15, -0.1) is 0 Å². The van der Waals surface area contributed by atoms with E-state index in [0.29, 0.717) is 18.9 Å². The van der Waals surface area contributed by atoms with Crippen molar-refractivity contribution in [1.82, 2.24) is 5.32 Å². The van der Waals surface area contributed by atoms with E-state index in [9.17, 15) is 4.79 Å². The highest BCUT2D eigenvalue weighted by Gasteiger charge is 2.06. The molecule has 0 radical (unpaired) electrons. The maximum absolute atomic E-state index is 12.0. The van der Waals surface area contributed by atoms with E-state index in [2.05, 4.69) is 55.7 Å². The van der Waals surface area contributed by atoms with Gasteiger partial charge in [0.25, 0.3) is 0 Å². The van der Waals surface area contributed by atoms with Crippen LogP contribution in [0.1, 0.15) is 50.3 Å². The quantitative estimate of drug-likeness (QED) is 0.791. The zero-order valence-electron chi connectivity index (χ0n) is 14.2. The zero-order valence-corrected chi connectivity index (χ0v) is 14.2. The van der Waals surface area contributed by atoms with E-state index in [1.807, 2.05) is 30.3 Å². The lowest BCUT2D eigenvalue weighted by Gasteiger charge is -2.14. The molecule has 0 saturated carbocycles. The summed E-state index contributed by atoms with van der Waals surface area (Å²) in [4.78, 5) is 12.0. The molecule has 0 heterocycles. The van der Waals surface area contributed by atoms with Gasteiger partial charge in [0.1, 0.15) is 0 Å². The van der Waals surface area contributed by atoms with Gasteiger partial charge in [-0.1, -0.05) is 56.3 Å². The van der Waals surface area contributed by atoms with Gasteiger partial charge in [0.2, 0.25) is 5.91 Å². The van der Waals surface area contributed by atoms with E-state index < -0.39 is 0 Å². The Balaban J connectivity index is 1.75. The summed E-state index contributed by atoms with van der Waals surface area (Å²) in [6.45, 7) is 7.09. The predicted octanol–water partition coefficient (Wildman–Crippen LogP) is 4.49. The van der Waals surface area contributed by atoms with Crippen LogP contribution in [0.25, 0.3) is 0 Å². The van der Waals surface area contributed by atoms with Gasteiger partial charge in [0.05, 0.1) is 0 Å². The van der Waals surface area contributed by atoms with E-state index in [1.54, 1.807) is 0 Å². The van der Waals surface area contributed by atoms with Crippen molar-refractivity contribution in [2.75, 3.05) is 11.9 Å². The van der Waals surface area contributed by atoms with Crippen molar-refractivity contribution >= 4 is 11.6 Å². The Morgan fingerprint density at radius 3 is 2.17 bits per heavy atom. The third kappa shape index (κ3) is 5.53. The lowest BCUT2D eigenvalue weighted by molar-refractivity contribution is -0.116. The average molecular weight is 310 g/mol. The van der Waals surface area contributed by atoms with Gasteiger partial charge in [-0.2, -0.15) is 0 Å². The minimum atomic E-state index is 0.0371. The van der Waals surface area contributed by atoms with Crippen LogP contribution in [0.15, 0.2) is 54.6 Å². The van der Waals surface area contributed by atoms with Crippen LogP contribution in [-0.4, -0.2) is 12.5 Å². The molecule has 3 nitrogen and oxygen atoms in total. The Bertz CT molecular complexity index is 605. The first-order chi connectivity index (χ1) is 11.1. The van der Waals surface area contributed by atoms with Crippen molar-refractivity contribution in [1.29, 1.82) is 0 Å². The number of carbonyl (C=O) groups is 1. The Kier molecular flexibility index (Phi) is 6.36. The number of hydrogen-bond acceptors (Lipinski definition) is 2. The largest absolute Gasteiger partial charge is 0.326 e. The molecule has 122 valence electrons. The number of carbonyl (C=O) groups excluding carboxylic acids is 1. The first-order valence-electron chi connectivity index (χ1n) is 8.24. The molecule has 1 atom stereocenters. The molecule has 0 saturated heterocycles. The Labute approximate surface area is 139 Å². The molecule has 0 spiro atoms. The topological polar surface area (TPSA) is 41.1 Å². The maximum Gasteiger partial charge on any atom is 0.225 e. The molecule has 2 N–H and O–H groups in total. The molecule has 2 rings (SSSR count). The van der Waals surface area contributed by atoms with E-state index in [-0.39, 0.29) is 11.9 Å². The normalized spacial score (nSPS) is 12.2. The van der Waals surface area contributed by atoms with E-state index >= 15 is 0 Å². The molecule has 0 aliphatic heterocycles. The summed E-state index contributed by atoms with van der Waals surface area (Å²) >= 11 is 0. The molecule has 0 bridgehead atoms. The maximum atomic E-state index is 12.0. The van der Waals surface area contributed by atoms with Crippen LogP contribution in [-0.2, 0) is 4.79 Å². The molecular weight excluding hydrogens is 284 g/mol. The zero-order chi connectivity index (χ0) is 16.7. The molecule has 0 aromatic heterocycles. The second kappa shape index (κ2) is 8.49. The summed E-state index contributed by atoms with van der Waals surface area (Å²) < 4.78 is 0. The van der Waals surface area contributed by atoms with Crippen molar-refractivity contribution in [3.63, 3.8) is 0 Å². The van der Waals surface area contributed by atoms with Crippen LogP contribution < -0.4 is 10.6 Å². The van der Waals surface area contributed by atoms with Gasteiger partial charge < -0.3 is 10.6 Å². The highest BCUT2D eigenvalue weighted by Crippen LogP contribution is 2.17. The molecular formula is C20H26N2O. The molecule has 0 aliphatic rings. The van der Waals surface area contributed by atoms with Crippen molar-refractivity contribution in [3.05, 3.63) is 65.7 Å². The molecule has 0 aliphatic carbocycles. The van der Waals surface area contributed by atoms with Gasteiger partial charge in [-0.25, -0.2) is 0 Å². The number of anilines is 1. The minimum absolute atomic E-state index is 0.0371. The van der Waals surface area contributed by atoms with Crippen molar-refractivity contribution in [3.8, 4) is 0 Å². The summed E-state index contributed by atoms with van der Waals surface area (Å²) in [5, 5.41) is 6.32. The lowest BCUT2D eigenvalue weighted by atomic mass is 10.0. The highest BCUT2D eigenvalue weighted by molar-refractivity contribution is 5.90. The Morgan fingerprint density at radius 1 is 0.913 bits per heavy atom. The molecule has 0 fully saturated rings. The average Bonchev–Trinajstić information content (AvgIpc) is 2.56. The fourth-order valence-corrected chi connectivity index (χ4v) is 2.44. The van der Waals surface area contributed by atoms with Gasteiger partial charge in [0.15, 0.2) is 0 Å². The van der Waals surface area contributed by atoms with Gasteiger partial charge in [-0.05, 0) is 36.1 Å². The smallest absolute Gasteiger partial charge is 0.225 e. The molecule has 2 aromatic carbocycles. The molecule has 23 heavy (non-hydrogen) atoms. The van der Waals surface area contributed by atoms with Crippen LogP contribution in [0, 0.1) is 0 Å². The SMILES string of the molecule is CC(C)c1ccc(NC(=O)CCNC(C)c2ccccc2)cc1. The molecule has 1 amide bonds. The number of hydrogen-bond donors (Lipinski definition) is 2. The van der Waals surface area contributed by atoms with E-state index in [4.69, 9.17) is 0 Å². The first-order valence-corrected chi connectivity index (χ1v) is 8.24. The van der Waals surface area contributed by atoms with Crippen LogP contribution in [0.3, 0.4) is 0 Å². The third-order valence-corrected chi connectivity index (χ3v) is 3.96. The number of benzene rings is 2. The summed E-state index contributed by atoms with van der Waals surface area (Å²) in [7, 11) is 0. The molecule has 1 unspecified atom stereocenters. The third-order valence-electron chi connectivity index (χ3n) is 3.96. The monoisotopic (exact) mass is 310 g/mol. The number of nitrogens with one attached hydrogen (secondary N) is 2. The predicted molar refractivity (Wildman–Crippen MR) is 96.6 cm³/mol. The summed E-state index contributed by atoms with van der Waals surface area (Å²) in [6, 6.07) is 18.6. The summed E-state index contributed by atoms with van der Waals surface area (Å²) in [5.74, 6) is 0.540. The van der Waals surface area contributed by atoms with Crippen LogP contribution in [0.4, 0.5) is 5.69 Å². The second-order valence-corrected chi connectivity index (χ2v) is 6.16. The fraction of sp³-hybridized carbons (Fsp3) is 0.350. The highest BCUT2D eigenvalue weighted by atomic mass is 16.1. The van der Waals surface area contributed by atoms with E-state index in [1.165, 1.54) is 11.1 Å². The van der Waals surface area contributed by atoms with Crippen molar-refractivity contribution in [2.24, 2.45) is 0 Å². The van der Waals surface area contributed by atoms with Crippen molar-refractivity contribution < 1.29 is 4.79 Å². The first kappa shape index (κ1) is 17.2. The fourth-order valence-electron chi connectivity index (χ4n) is 2.44. The Morgan fingerprint density at radius 2 is 1.57 bits per heavy atom. The van der Waals surface area contributed by atoms with Gasteiger partial charge in [0, 0.05) is 24.7 Å². The summed E-state index contributed by atoms with van der Waals surface area (Å²) in [6.07, 6.45) is 0.461. The van der Waals surface area contributed by atoms with Crippen LogP contribution in [0.5, 0.6) is 0 Å². The summed E-state index contributed by atoms with van der Waals surface area (Å²) in [5.41, 5.74) is 3.37. The van der Waals surface area contributed by atoms with Gasteiger partial charge in [-0.3, -0.25) is 4.79 Å². The lowest BCUT2D eigenvalue weighted by Crippen LogP contribution is -2.24. The standard InChI is InChI=1S/C20H26N2O/c1-15(2)17-9-11-19(12-10-17)22-20(23)13-14-21-16(3)18-7-5-4-6-8-18/h4-12,15-16,21H,13-14H2,1-3H3,(H,22,23). The minimum Gasteiger partial charge on any atom is -0.326 e. The second-order valence-electron chi connectivity index (χ2n) is 6.16. The molecule has 2 aromatic rings. The number of rotatable bonds is 7.